The summed E-state index contributed by atoms with van der Waals surface area (Å²) in [4.78, 5) is 9.49. The minimum absolute atomic E-state index is 0.899. The molecule has 0 aliphatic heterocycles. The highest BCUT2D eigenvalue weighted by molar-refractivity contribution is 6.23. The molecular weight excluding hydrogens is 597 g/mol. The van der Waals surface area contributed by atoms with Gasteiger partial charge in [-0.05, 0) is 62.4 Å². The van der Waals surface area contributed by atoms with Crippen molar-refractivity contribution in [2.24, 2.45) is 0 Å². The number of fused-ring (bicyclic) bond motifs is 9. The summed E-state index contributed by atoms with van der Waals surface area (Å²) in [7, 11) is 0. The lowest BCUT2D eigenvalue weighted by Gasteiger charge is -2.14. The third-order valence-corrected chi connectivity index (χ3v) is 9.76. The van der Waals surface area contributed by atoms with Gasteiger partial charge in [-0.3, -0.25) is 9.97 Å². The molecule has 3 heteroatoms. The van der Waals surface area contributed by atoms with E-state index in [2.05, 4.69) is 152 Å². The predicted molar refractivity (Wildman–Crippen MR) is 204 cm³/mol. The molecule has 0 bridgehead atoms. The summed E-state index contributed by atoms with van der Waals surface area (Å²) in [6.07, 6.45) is 3.56. The topological polar surface area (TPSA) is 38.9 Å². The van der Waals surface area contributed by atoms with Crippen LogP contribution in [-0.2, 0) is 0 Å². The molecule has 0 atom stereocenters. The molecular formula is C46H28N2O. The molecule has 0 radical (unpaired) electrons. The highest BCUT2D eigenvalue weighted by Crippen LogP contribution is 2.44. The number of aromatic nitrogens is 2. The van der Waals surface area contributed by atoms with E-state index < -0.39 is 0 Å². The van der Waals surface area contributed by atoms with Crippen molar-refractivity contribution in [1.82, 2.24) is 9.97 Å². The fourth-order valence-corrected chi connectivity index (χ4v) is 7.52. The van der Waals surface area contributed by atoms with Crippen LogP contribution in [-0.4, -0.2) is 9.97 Å². The molecule has 0 saturated carbocycles. The van der Waals surface area contributed by atoms with Gasteiger partial charge in [0.05, 0.1) is 11.0 Å². The maximum atomic E-state index is 6.84. The lowest BCUT2D eigenvalue weighted by atomic mass is 9.89. The molecule has 10 aromatic rings. The van der Waals surface area contributed by atoms with E-state index in [1.807, 2.05) is 6.07 Å². The molecule has 228 valence electrons. The van der Waals surface area contributed by atoms with Crippen LogP contribution in [0.2, 0.25) is 0 Å². The fraction of sp³-hybridized carbons (Fsp3) is 0. The highest BCUT2D eigenvalue weighted by atomic mass is 16.3. The van der Waals surface area contributed by atoms with Gasteiger partial charge in [0.2, 0.25) is 0 Å². The van der Waals surface area contributed by atoms with Crippen LogP contribution < -0.4 is 0 Å². The Hall–Kier alpha value is -6.58. The summed E-state index contributed by atoms with van der Waals surface area (Å²) >= 11 is 0. The number of hydrogen-bond donors (Lipinski definition) is 0. The van der Waals surface area contributed by atoms with Crippen molar-refractivity contribution >= 4 is 54.5 Å². The van der Waals surface area contributed by atoms with Crippen LogP contribution in [0, 0.1) is 0 Å². The van der Waals surface area contributed by atoms with Crippen LogP contribution in [0.5, 0.6) is 0 Å². The van der Waals surface area contributed by atoms with E-state index in [4.69, 9.17) is 14.4 Å². The summed E-state index contributed by atoms with van der Waals surface area (Å²) in [6.45, 7) is 0. The van der Waals surface area contributed by atoms with Crippen molar-refractivity contribution in [3.05, 3.63) is 170 Å². The second-order valence-corrected chi connectivity index (χ2v) is 12.5. The third-order valence-electron chi connectivity index (χ3n) is 9.76. The first-order chi connectivity index (χ1) is 24.3. The summed E-state index contributed by atoms with van der Waals surface area (Å²) in [5.74, 6) is 0. The zero-order valence-electron chi connectivity index (χ0n) is 26.5. The van der Waals surface area contributed by atoms with Gasteiger partial charge >= 0.3 is 0 Å². The second-order valence-electron chi connectivity index (χ2n) is 12.5. The Labute approximate surface area is 282 Å². The Morgan fingerprint density at radius 1 is 0.306 bits per heavy atom. The summed E-state index contributed by atoms with van der Waals surface area (Å²) in [6, 6.07) is 56.1. The number of nitrogens with zero attached hydrogens (tertiary/aromatic N) is 2. The Balaban J connectivity index is 1.23. The molecule has 2 heterocycles. The van der Waals surface area contributed by atoms with E-state index in [9.17, 15) is 0 Å². The number of hydrogen-bond acceptors (Lipinski definition) is 3. The average molecular weight is 625 g/mol. The van der Waals surface area contributed by atoms with E-state index >= 15 is 0 Å². The van der Waals surface area contributed by atoms with E-state index in [1.165, 1.54) is 21.9 Å². The van der Waals surface area contributed by atoms with Gasteiger partial charge in [-0.25, -0.2) is 0 Å². The van der Waals surface area contributed by atoms with Crippen LogP contribution in [0.1, 0.15) is 0 Å². The summed E-state index contributed by atoms with van der Waals surface area (Å²) in [5, 5.41) is 6.78. The predicted octanol–water partition coefficient (Wildman–Crippen LogP) is 12.5. The number of rotatable bonds is 4. The maximum Gasteiger partial charge on any atom is 0.143 e. The fourth-order valence-electron chi connectivity index (χ4n) is 7.52. The van der Waals surface area contributed by atoms with Crippen LogP contribution in [0.15, 0.2) is 175 Å². The Kier molecular flexibility index (Phi) is 6.18. The first kappa shape index (κ1) is 27.5. The van der Waals surface area contributed by atoms with Crippen molar-refractivity contribution in [3.8, 4) is 44.5 Å². The Morgan fingerprint density at radius 2 is 0.837 bits per heavy atom. The molecule has 0 N–H and O–H groups in total. The monoisotopic (exact) mass is 624 g/mol. The van der Waals surface area contributed by atoms with E-state index in [0.717, 1.165) is 77.1 Å². The van der Waals surface area contributed by atoms with E-state index in [-0.39, 0.29) is 0 Å². The molecule has 0 aliphatic rings. The number of furan rings is 1. The van der Waals surface area contributed by atoms with Crippen molar-refractivity contribution in [2.45, 2.75) is 0 Å². The SMILES string of the molecule is c1ccc(-c2cccc3c2oc2c(-c4ccccc4)cc(-c4ccccc4-c4ccc5c(c4)c4ccccc4c4nccnc54)cc23)cc1. The van der Waals surface area contributed by atoms with E-state index in [1.54, 1.807) is 12.4 Å². The van der Waals surface area contributed by atoms with Crippen molar-refractivity contribution < 1.29 is 4.42 Å². The van der Waals surface area contributed by atoms with Crippen molar-refractivity contribution in [2.75, 3.05) is 0 Å². The minimum atomic E-state index is 0.899. The number of benzene rings is 8. The lowest BCUT2D eigenvalue weighted by Crippen LogP contribution is -1.90. The molecule has 0 aliphatic carbocycles. The van der Waals surface area contributed by atoms with Crippen LogP contribution in [0.4, 0.5) is 0 Å². The molecule has 8 aromatic carbocycles. The van der Waals surface area contributed by atoms with Gasteiger partial charge in [0.25, 0.3) is 0 Å². The Bertz CT molecular complexity index is 2840. The molecule has 3 nitrogen and oxygen atoms in total. The van der Waals surface area contributed by atoms with Gasteiger partial charge < -0.3 is 4.42 Å². The third kappa shape index (κ3) is 4.37. The molecule has 0 unspecified atom stereocenters. The molecule has 0 amide bonds. The molecule has 10 rings (SSSR count). The largest absolute Gasteiger partial charge is 0.455 e. The van der Waals surface area contributed by atoms with E-state index in [0.29, 0.717) is 0 Å². The zero-order valence-corrected chi connectivity index (χ0v) is 26.5. The van der Waals surface area contributed by atoms with Crippen molar-refractivity contribution in [1.29, 1.82) is 0 Å². The highest BCUT2D eigenvalue weighted by Gasteiger charge is 2.19. The standard InChI is InChI=1S/C46H28N2O/c1-3-12-29(13-4-1)35-20-11-21-39-42-28-32(27-40(46(42)49-45(35)39)30-14-5-2-6-15-30)34-17-8-7-16-33(34)31-22-23-38-41(26-31)36-18-9-10-19-37(36)43-44(38)48-25-24-47-43/h1-28H. The van der Waals surface area contributed by atoms with Crippen LogP contribution in [0.25, 0.3) is 99.0 Å². The molecule has 2 aromatic heterocycles. The summed E-state index contributed by atoms with van der Waals surface area (Å²) in [5.41, 5.74) is 12.7. The van der Waals surface area contributed by atoms with Crippen LogP contribution >= 0.6 is 0 Å². The average Bonchev–Trinajstić information content (AvgIpc) is 3.57. The van der Waals surface area contributed by atoms with Crippen molar-refractivity contribution in [3.63, 3.8) is 0 Å². The first-order valence-electron chi connectivity index (χ1n) is 16.6. The smallest absolute Gasteiger partial charge is 0.143 e. The molecule has 0 fully saturated rings. The zero-order chi connectivity index (χ0) is 32.3. The van der Waals surface area contributed by atoms with Gasteiger partial charge in [-0.15, -0.1) is 0 Å². The van der Waals surface area contributed by atoms with Gasteiger partial charge in [0, 0.05) is 45.1 Å². The maximum absolute atomic E-state index is 6.84. The normalized spacial score (nSPS) is 11.7. The lowest BCUT2D eigenvalue weighted by molar-refractivity contribution is 0.671. The molecule has 49 heavy (non-hydrogen) atoms. The minimum Gasteiger partial charge on any atom is -0.455 e. The number of para-hydroxylation sites is 1. The van der Waals surface area contributed by atoms with Gasteiger partial charge in [0.1, 0.15) is 11.2 Å². The Morgan fingerprint density at radius 3 is 1.57 bits per heavy atom. The summed E-state index contributed by atoms with van der Waals surface area (Å²) < 4.78 is 6.84. The van der Waals surface area contributed by atoms with Gasteiger partial charge in [-0.2, -0.15) is 0 Å². The van der Waals surface area contributed by atoms with Gasteiger partial charge in [-0.1, -0.05) is 140 Å². The molecule has 0 spiro atoms. The second kappa shape index (κ2) is 11.0. The first-order valence-corrected chi connectivity index (χ1v) is 16.6. The van der Waals surface area contributed by atoms with Gasteiger partial charge in [0.15, 0.2) is 0 Å². The molecule has 0 saturated heterocycles. The van der Waals surface area contributed by atoms with Crippen LogP contribution in [0.3, 0.4) is 0 Å². The quantitative estimate of drug-likeness (QED) is 0.183.